The average molecular weight is 361 g/mol. The van der Waals surface area contributed by atoms with Crippen molar-refractivity contribution < 1.29 is 14.5 Å². The summed E-state index contributed by atoms with van der Waals surface area (Å²) in [5, 5.41) is 13.1. The molecule has 1 aromatic carbocycles. The number of anilines is 1. The van der Waals surface area contributed by atoms with Crippen molar-refractivity contribution in [2.45, 2.75) is 19.8 Å². The highest BCUT2D eigenvalue weighted by molar-refractivity contribution is 6.33. The van der Waals surface area contributed by atoms with E-state index < -0.39 is 10.8 Å². The van der Waals surface area contributed by atoms with Gasteiger partial charge in [-0.3, -0.25) is 25.0 Å². The first-order valence-corrected chi connectivity index (χ1v) is 7.87. The molecule has 0 spiro atoms. The molecule has 1 N–H and O–H groups in total. The highest BCUT2D eigenvalue weighted by atomic mass is 35.5. The molecule has 3 rings (SSSR count). The molecule has 0 saturated heterocycles. The van der Waals surface area contributed by atoms with E-state index >= 15 is 0 Å². The van der Waals surface area contributed by atoms with Gasteiger partial charge in [-0.05, 0) is 24.5 Å². The summed E-state index contributed by atoms with van der Waals surface area (Å²) in [6, 6.07) is 3.66. The Morgan fingerprint density at radius 2 is 2.16 bits per heavy atom. The van der Waals surface area contributed by atoms with Crippen LogP contribution in [0.25, 0.3) is 0 Å². The Balaban J connectivity index is 1.82. The number of carbonyl (C=O) groups is 2. The summed E-state index contributed by atoms with van der Waals surface area (Å²) in [7, 11) is 0. The first-order valence-electron chi connectivity index (χ1n) is 7.49. The molecule has 0 saturated carbocycles. The van der Waals surface area contributed by atoms with Crippen LogP contribution in [0, 0.1) is 16.0 Å². The summed E-state index contributed by atoms with van der Waals surface area (Å²) in [6.45, 7) is 1.96. The molecule has 9 heteroatoms. The van der Waals surface area contributed by atoms with Crippen LogP contribution in [0.1, 0.15) is 39.8 Å². The summed E-state index contributed by atoms with van der Waals surface area (Å²) in [5.41, 5.74) is 0.947. The van der Waals surface area contributed by atoms with Crippen molar-refractivity contribution in [1.82, 2.24) is 9.97 Å². The van der Waals surface area contributed by atoms with Crippen LogP contribution in [-0.2, 0) is 6.42 Å². The molecular weight excluding hydrogens is 348 g/mol. The molecule has 25 heavy (non-hydrogen) atoms. The lowest BCUT2D eigenvalue weighted by Gasteiger charge is -2.19. The molecule has 0 radical (unpaired) electrons. The Morgan fingerprint density at radius 1 is 1.40 bits per heavy atom. The van der Waals surface area contributed by atoms with E-state index in [1.807, 2.05) is 6.92 Å². The molecule has 1 aromatic heterocycles. The van der Waals surface area contributed by atoms with Gasteiger partial charge in [-0.1, -0.05) is 18.5 Å². The lowest BCUT2D eigenvalue weighted by Crippen LogP contribution is -2.22. The predicted molar refractivity (Wildman–Crippen MR) is 89.9 cm³/mol. The molecule has 0 bridgehead atoms. The summed E-state index contributed by atoms with van der Waals surface area (Å²) in [4.78, 5) is 42.6. The topological polar surface area (TPSA) is 115 Å². The zero-order valence-corrected chi connectivity index (χ0v) is 13.9. The van der Waals surface area contributed by atoms with Crippen LogP contribution < -0.4 is 5.32 Å². The number of Topliss-reactive ketones (excluding diaryl/α,β-unsaturated/α-hetero) is 1. The molecule has 1 atom stereocenters. The van der Waals surface area contributed by atoms with Gasteiger partial charge >= 0.3 is 0 Å². The number of amides is 1. The number of carbonyl (C=O) groups excluding carboxylic acids is 2. The maximum absolute atomic E-state index is 12.3. The summed E-state index contributed by atoms with van der Waals surface area (Å²) >= 11 is 5.81. The average Bonchev–Trinajstić information content (AvgIpc) is 2.53. The van der Waals surface area contributed by atoms with Gasteiger partial charge in [-0.15, -0.1) is 0 Å². The fourth-order valence-electron chi connectivity index (χ4n) is 2.66. The molecule has 0 unspecified atom stereocenters. The van der Waals surface area contributed by atoms with E-state index in [1.54, 1.807) is 0 Å². The minimum absolute atomic E-state index is 0.00576. The third-order valence-electron chi connectivity index (χ3n) is 3.88. The number of nitro benzene ring substituents is 1. The molecule has 128 valence electrons. The number of aromatic nitrogens is 2. The van der Waals surface area contributed by atoms with E-state index in [1.165, 1.54) is 18.3 Å². The van der Waals surface area contributed by atoms with Crippen LogP contribution in [0.5, 0.6) is 0 Å². The number of nitro groups is 1. The van der Waals surface area contributed by atoms with Crippen LogP contribution in [0.15, 0.2) is 24.4 Å². The van der Waals surface area contributed by atoms with Crippen LogP contribution in [0.4, 0.5) is 11.6 Å². The highest BCUT2D eigenvalue weighted by Crippen LogP contribution is 2.26. The van der Waals surface area contributed by atoms with Gasteiger partial charge in [0.15, 0.2) is 5.78 Å². The lowest BCUT2D eigenvalue weighted by atomic mass is 9.88. The number of hydrogen-bond acceptors (Lipinski definition) is 6. The van der Waals surface area contributed by atoms with Crippen molar-refractivity contribution in [1.29, 1.82) is 0 Å². The smallest absolute Gasteiger partial charge is 0.287 e. The Kier molecular flexibility index (Phi) is 4.45. The van der Waals surface area contributed by atoms with Gasteiger partial charge in [-0.2, -0.15) is 0 Å². The SMILES string of the molecule is C[C@@H]1CC(=O)c2cnc(NC(=O)c3ccc([N+](=O)[O-])c(Cl)c3)nc2C1. The Labute approximate surface area is 147 Å². The zero-order valence-electron chi connectivity index (χ0n) is 13.2. The third-order valence-corrected chi connectivity index (χ3v) is 4.18. The standard InChI is InChI=1S/C16H13ClN4O4/c1-8-4-12-10(14(22)5-8)7-18-16(19-12)20-15(23)9-2-3-13(21(24)25)11(17)6-9/h2-3,6-8H,4-5H2,1H3,(H,18,19,20,23)/t8-/m0/s1. The maximum atomic E-state index is 12.3. The number of benzene rings is 1. The quantitative estimate of drug-likeness (QED) is 0.664. The molecule has 0 fully saturated rings. The van der Waals surface area contributed by atoms with Gasteiger partial charge in [0.1, 0.15) is 5.02 Å². The number of ketones is 1. The summed E-state index contributed by atoms with van der Waals surface area (Å²) < 4.78 is 0. The second-order valence-corrected chi connectivity index (χ2v) is 6.28. The highest BCUT2D eigenvalue weighted by Gasteiger charge is 2.24. The summed E-state index contributed by atoms with van der Waals surface area (Å²) in [5.74, 6) is -0.298. The van der Waals surface area contributed by atoms with Gasteiger partial charge < -0.3 is 0 Å². The fourth-order valence-corrected chi connectivity index (χ4v) is 2.91. The van der Waals surface area contributed by atoms with E-state index in [2.05, 4.69) is 15.3 Å². The molecule has 8 nitrogen and oxygen atoms in total. The van der Waals surface area contributed by atoms with E-state index in [-0.39, 0.29) is 33.9 Å². The maximum Gasteiger partial charge on any atom is 0.287 e. The van der Waals surface area contributed by atoms with E-state index in [4.69, 9.17) is 11.6 Å². The minimum Gasteiger partial charge on any atom is -0.294 e. The number of halogens is 1. The fraction of sp³-hybridized carbons (Fsp3) is 0.250. The molecule has 1 amide bonds. The van der Waals surface area contributed by atoms with Crippen LogP contribution in [0.2, 0.25) is 5.02 Å². The number of fused-ring (bicyclic) bond motifs is 1. The zero-order chi connectivity index (χ0) is 18.1. The Morgan fingerprint density at radius 3 is 2.84 bits per heavy atom. The number of hydrogen-bond donors (Lipinski definition) is 1. The molecule has 2 aromatic rings. The van der Waals surface area contributed by atoms with Gasteiger partial charge in [0.25, 0.3) is 11.6 Å². The second kappa shape index (κ2) is 6.56. The molecule has 1 aliphatic rings. The van der Waals surface area contributed by atoms with Crippen LogP contribution >= 0.6 is 11.6 Å². The largest absolute Gasteiger partial charge is 0.294 e. The Hall–Kier alpha value is -2.87. The van der Waals surface area contributed by atoms with E-state index in [0.717, 1.165) is 6.07 Å². The minimum atomic E-state index is -0.630. The van der Waals surface area contributed by atoms with Crippen LogP contribution in [0.3, 0.4) is 0 Å². The first kappa shape index (κ1) is 17.0. The van der Waals surface area contributed by atoms with Gasteiger partial charge in [0.2, 0.25) is 5.95 Å². The summed E-state index contributed by atoms with van der Waals surface area (Å²) in [6.07, 6.45) is 2.51. The lowest BCUT2D eigenvalue weighted by molar-refractivity contribution is -0.384. The predicted octanol–water partition coefficient (Wildman–Crippen LogP) is 3.06. The number of nitrogens with zero attached hydrogens (tertiary/aromatic N) is 3. The van der Waals surface area contributed by atoms with Crippen molar-refractivity contribution in [2.24, 2.45) is 5.92 Å². The number of rotatable bonds is 3. The second-order valence-electron chi connectivity index (χ2n) is 5.87. The van der Waals surface area contributed by atoms with Crippen molar-refractivity contribution in [3.8, 4) is 0 Å². The molecule has 0 aliphatic heterocycles. The normalized spacial score (nSPS) is 16.2. The van der Waals surface area contributed by atoms with Crippen molar-refractivity contribution in [2.75, 3.05) is 5.32 Å². The van der Waals surface area contributed by atoms with Gasteiger partial charge in [0.05, 0.1) is 16.2 Å². The van der Waals surface area contributed by atoms with Crippen molar-refractivity contribution in [3.63, 3.8) is 0 Å². The van der Waals surface area contributed by atoms with E-state index in [9.17, 15) is 19.7 Å². The third kappa shape index (κ3) is 3.48. The molecular formula is C16H13ClN4O4. The van der Waals surface area contributed by atoms with Gasteiger partial charge in [0, 0.05) is 24.2 Å². The Bertz CT molecular complexity index is 900. The van der Waals surface area contributed by atoms with Crippen LogP contribution in [-0.4, -0.2) is 26.6 Å². The van der Waals surface area contributed by atoms with E-state index in [0.29, 0.717) is 24.1 Å². The number of nitrogens with one attached hydrogen (secondary N) is 1. The molecule has 1 aliphatic carbocycles. The van der Waals surface area contributed by atoms with Crippen molar-refractivity contribution >= 4 is 34.9 Å². The van der Waals surface area contributed by atoms with Gasteiger partial charge in [-0.25, -0.2) is 9.97 Å². The van der Waals surface area contributed by atoms with Crippen molar-refractivity contribution in [3.05, 3.63) is 56.4 Å². The first-order chi connectivity index (χ1) is 11.8. The molecule has 1 heterocycles. The monoisotopic (exact) mass is 360 g/mol.